The minimum atomic E-state index is 0.00922. The van der Waals surface area contributed by atoms with E-state index >= 15 is 0 Å². The van der Waals surface area contributed by atoms with Gasteiger partial charge in [0, 0.05) is 16.8 Å². The molecule has 0 unspecified atom stereocenters. The summed E-state index contributed by atoms with van der Waals surface area (Å²) in [6.45, 7) is 2.88. The number of thioether (sulfide) groups is 1. The van der Waals surface area contributed by atoms with Crippen molar-refractivity contribution in [2.24, 2.45) is 5.92 Å². The van der Waals surface area contributed by atoms with Crippen LogP contribution in [0.1, 0.15) is 29.3 Å². The maximum atomic E-state index is 12.4. The van der Waals surface area contributed by atoms with Gasteiger partial charge in [-0.2, -0.15) is 0 Å². The number of methoxy groups -OCH3 is 2. The zero-order valence-corrected chi connectivity index (χ0v) is 19.7. The first-order valence-electron chi connectivity index (χ1n) is 10.4. The zero-order chi connectivity index (χ0) is 21.8. The van der Waals surface area contributed by atoms with E-state index in [0.717, 1.165) is 46.0 Å². The fourth-order valence-corrected chi connectivity index (χ4v) is 6.19. The fourth-order valence-electron chi connectivity index (χ4n) is 3.92. The number of thiophene rings is 1. The molecule has 2 aromatic heterocycles. The predicted molar refractivity (Wildman–Crippen MR) is 126 cm³/mol. The molecule has 31 heavy (non-hydrogen) atoms. The summed E-state index contributed by atoms with van der Waals surface area (Å²) in [6, 6.07) is 5.81. The summed E-state index contributed by atoms with van der Waals surface area (Å²) in [7, 11) is 3.24. The van der Waals surface area contributed by atoms with E-state index in [0.29, 0.717) is 23.8 Å². The van der Waals surface area contributed by atoms with Gasteiger partial charge in [-0.05, 0) is 54.9 Å². The van der Waals surface area contributed by atoms with Crippen molar-refractivity contribution in [2.45, 2.75) is 37.6 Å². The number of benzene rings is 1. The number of carbonyl (C=O) groups is 1. The van der Waals surface area contributed by atoms with Gasteiger partial charge >= 0.3 is 0 Å². The molecular weight excluding hydrogens is 430 g/mol. The van der Waals surface area contributed by atoms with E-state index in [9.17, 15) is 4.79 Å². The molecule has 164 valence electrons. The van der Waals surface area contributed by atoms with Gasteiger partial charge in [0.25, 0.3) is 0 Å². The molecule has 0 saturated carbocycles. The second-order valence-corrected chi connectivity index (χ2v) is 9.84. The molecule has 1 aliphatic rings. The van der Waals surface area contributed by atoms with Crippen molar-refractivity contribution >= 4 is 39.2 Å². The lowest BCUT2D eigenvalue weighted by Crippen LogP contribution is -2.27. The lowest BCUT2D eigenvalue weighted by molar-refractivity contribution is -0.118. The average molecular weight is 458 g/mol. The Morgan fingerprint density at radius 3 is 2.90 bits per heavy atom. The van der Waals surface area contributed by atoms with Crippen LogP contribution in [0.5, 0.6) is 11.5 Å². The number of ether oxygens (including phenoxy) is 2. The topological polar surface area (TPSA) is 73.3 Å². The molecule has 2 heterocycles. The molecule has 8 heteroatoms. The van der Waals surface area contributed by atoms with Gasteiger partial charge in [0.15, 0.2) is 11.5 Å². The van der Waals surface area contributed by atoms with Crippen LogP contribution in [-0.4, -0.2) is 42.4 Å². The molecular formula is C23H27N3O3S2. The number of rotatable bonds is 8. The van der Waals surface area contributed by atoms with E-state index in [1.807, 2.05) is 18.2 Å². The summed E-state index contributed by atoms with van der Waals surface area (Å²) in [5.41, 5.74) is 2.48. The Hall–Kier alpha value is -2.32. The lowest BCUT2D eigenvalue weighted by Gasteiger charge is -2.18. The van der Waals surface area contributed by atoms with Gasteiger partial charge in [0.05, 0.1) is 20.0 Å². The maximum Gasteiger partial charge on any atom is 0.230 e. The third kappa shape index (κ3) is 4.96. The number of fused-ring (bicyclic) bond motifs is 3. The molecule has 1 aromatic carbocycles. The number of amides is 1. The van der Waals surface area contributed by atoms with E-state index in [2.05, 4.69) is 22.2 Å². The van der Waals surface area contributed by atoms with Crippen LogP contribution in [0.15, 0.2) is 29.6 Å². The van der Waals surface area contributed by atoms with Crippen molar-refractivity contribution in [3.63, 3.8) is 0 Å². The number of nitrogens with zero attached hydrogens (tertiary/aromatic N) is 2. The predicted octanol–water partition coefficient (Wildman–Crippen LogP) is 4.28. The SMILES string of the molecule is COc1ccc(CCNC(=O)CSc2ncnc3sc4c(c23)CC[C@H](C)C4)cc1OC. The molecule has 4 rings (SSSR count). The van der Waals surface area contributed by atoms with Crippen molar-refractivity contribution < 1.29 is 14.3 Å². The second kappa shape index (κ2) is 9.87. The van der Waals surface area contributed by atoms with E-state index in [1.165, 1.54) is 28.6 Å². The molecule has 1 amide bonds. The highest BCUT2D eigenvalue weighted by Crippen LogP contribution is 2.40. The van der Waals surface area contributed by atoms with Crippen LogP contribution in [0.2, 0.25) is 0 Å². The van der Waals surface area contributed by atoms with Crippen LogP contribution in [0.3, 0.4) is 0 Å². The quantitative estimate of drug-likeness (QED) is 0.402. The Labute approximate surface area is 190 Å². The van der Waals surface area contributed by atoms with E-state index < -0.39 is 0 Å². The third-order valence-electron chi connectivity index (χ3n) is 5.58. The summed E-state index contributed by atoms with van der Waals surface area (Å²) in [5.74, 6) is 2.48. The Kier molecular flexibility index (Phi) is 6.97. The van der Waals surface area contributed by atoms with E-state index in [1.54, 1.807) is 31.9 Å². The van der Waals surface area contributed by atoms with Crippen molar-refractivity contribution in [1.82, 2.24) is 15.3 Å². The maximum absolute atomic E-state index is 12.4. The van der Waals surface area contributed by atoms with Crippen LogP contribution in [0.25, 0.3) is 10.2 Å². The minimum absolute atomic E-state index is 0.00922. The molecule has 0 saturated heterocycles. The number of carbonyl (C=O) groups excluding carboxylic acids is 1. The molecule has 0 bridgehead atoms. The van der Waals surface area contributed by atoms with Gasteiger partial charge in [-0.3, -0.25) is 4.79 Å². The second-order valence-electron chi connectivity index (χ2n) is 7.79. The molecule has 1 atom stereocenters. The number of hydrogen-bond donors (Lipinski definition) is 1. The summed E-state index contributed by atoms with van der Waals surface area (Å²) >= 11 is 3.29. The van der Waals surface area contributed by atoms with Gasteiger partial charge in [-0.25, -0.2) is 9.97 Å². The van der Waals surface area contributed by atoms with Crippen LogP contribution in [0, 0.1) is 5.92 Å². The molecule has 0 aliphatic heterocycles. The summed E-state index contributed by atoms with van der Waals surface area (Å²) < 4.78 is 10.6. The number of aryl methyl sites for hydroxylation is 1. The third-order valence-corrected chi connectivity index (χ3v) is 7.73. The minimum Gasteiger partial charge on any atom is -0.493 e. The van der Waals surface area contributed by atoms with Crippen molar-refractivity contribution in [2.75, 3.05) is 26.5 Å². The van der Waals surface area contributed by atoms with Gasteiger partial charge < -0.3 is 14.8 Å². The molecule has 1 N–H and O–H groups in total. The number of hydrogen-bond acceptors (Lipinski definition) is 7. The van der Waals surface area contributed by atoms with Gasteiger partial charge in [-0.15, -0.1) is 11.3 Å². The molecule has 1 aliphatic carbocycles. The first kappa shape index (κ1) is 21.9. The lowest BCUT2D eigenvalue weighted by atomic mass is 9.89. The average Bonchev–Trinajstić information content (AvgIpc) is 3.15. The van der Waals surface area contributed by atoms with Crippen LogP contribution >= 0.6 is 23.1 Å². The van der Waals surface area contributed by atoms with Gasteiger partial charge in [-0.1, -0.05) is 24.8 Å². The Bertz CT molecular complexity index is 1080. The number of nitrogens with one attached hydrogen (secondary N) is 1. The largest absolute Gasteiger partial charge is 0.493 e. The Morgan fingerprint density at radius 1 is 1.26 bits per heavy atom. The summed E-state index contributed by atoms with van der Waals surface area (Å²) in [5, 5.41) is 5.09. The zero-order valence-electron chi connectivity index (χ0n) is 18.1. The van der Waals surface area contributed by atoms with Crippen molar-refractivity contribution in [1.29, 1.82) is 0 Å². The fraction of sp³-hybridized carbons (Fsp3) is 0.435. The van der Waals surface area contributed by atoms with Gasteiger partial charge in [0.1, 0.15) is 16.2 Å². The Balaban J connectivity index is 1.34. The Morgan fingerprint density at radius 2 is 2.10 bits per heavy atom. The summed E-state index contributed by atoms with van der Waals surface area (Å²) in [6.07, 6.45) is 5.75. The van der Waals surface area contributed by atoms with E-state index in [-0.39, 0.29) is 5.91 Å². The van der Waals surface area contributed by atoms with Crippen LogP contribution in [0.4, 0.5) is 0 Å². The molecule has 3 aromatic rings. The normalized spacial score (nSPS) is 15.5. The van der Waals surface area contributed by atoms with Crippen LogP contribution in [-0.2, 0) is 24.1 Å². The van der Waals surface area contributed by atoms with Crippen LogP contribution < -0.4 is 14.8 Å². The van der Waals surface area contributed by atoms with Crippen molar-refractivity contribution in [3.05, 3.63) is 40.5 Å². The smallest absolute Gasteiger partial charge is 0.230 e. The molecule has 0 fully saturated rings. The highest BCUT2D eigenvalue weighted by molar-refractivity contribution is 8.00. The first-order chi connectivity index (χ1) is 15.1. The highest BCUT2D eigenvalue weighted by Gasteiger charge is 2.23. The molecule has 6 nitrogen and oxygen atoms in total. The monoisotopic (exact) mass is 457 g/mol. The highest BCUT2D eigenvalue weighted by atomic mass is 32.2. The number of aromatic nitrogens is 2. The van der Waals surface area contributed by atoms with Crippen molar-refractivity contribution in [3.8, 4) is 11.5 Å². The first-order valence-corrected chi connectivity index (χ1v) is 12.2. The molecule has 0 radical (unpaired) electrons. The molecule has 0 spiro atoms. The van der Waals surface area contributed by atoms with E-state index in [4.69, 9.17) is 9.47 Å². The standard InChI is InChI=1S/C23H27N3O3S2/c1-14-4-6-16-19(10-14)31-23-21(16)22(25-13-26-23)30-12-20(27)24-9-8-15-5-7-17(28-2)18(11-15)29-3/h5,7,11,13-14H,4,6,8-10,12H2,1-3H3,(H,24,27)/t14-/m0/s1. The summed E-state index contributed by atoms with van der Waals surface area (Å²) in [4.78, 5) is 23.9. The van der Waals surface area contributed by atoms with Gasteiger partial charge in [0.2, 0.25) is 5.91 Å².